The molecule has 0 aliphatic rings. The molecule has 1 heterocycles. The van der Waals surface area contributed by atoms with Gasteiger partial charge >= 0.3 is 5.97 Å². The lowest BCUT2D eigenvalue weighted by molar-refractivity contribution is 0.0525. The molecule has 21 heavy (non-hydrogen) atoms. The van der Waals surface area contributed by atoms with E-state index >= 15 is 0 Å². The molecule has 4 nitrogen and oxygen atoms in total. The maximum Gasteiger partial charge on any atom is 0.339 e. The number of anilines is 1. The van der Waals surface area contributed by atoms with Crippen molar-refractivity contribution in [3.63, 3.8) is 0 Å². The second-order valence-electron chi connectivity index (χ2n) is 4.69. The van der Waals surface area contributed by atoms with Crippen LogP contribution in [0, 0.1) is 12.7 Å². The van der Waals surface area contributed by atoms with Crippen LogP contribution in [0.15, 0.2) is 30.3 Å². The van der Waals surface area contributed by atoms with E-state index < -0.39 is 5.97 Å². The number of esters is 1. The molecule has 0 bridgehead atoms. The molecule has 0 aliphatic heterocycles. The van der Waals surface area contributed by atoms with Crippen molar-refractivity contribution in [1.29, 1.82) is 0 Å². The van der Waals surface area contributed by atoms with Gasteiger partial charge in [-0.05, 0) is 43.2 Å². The lowest BCUT2D eigenvalue weighted by Crippen LogP contribution is -2.11. The maximum atomic E-state index is 12.9. The molecule has 0 atom stereocenters. The molecule has 0 amide bonds. The van der Waals surface area contributed by atoms with E-state index in [1.807, 2.05) is 0 Å². The summed E-state index contributed by atoms with van der Waals surface area (Å²) in [6, 6.07) is 7.83. The Balaban J connectivity index is 2.32. The van der Waals surface area contributed by atoms with Crippen molar-refractivity contribution in [1.82, 2.24) is 4.98 Å². The lowest BCUT2D eigenvalue weighted by atomic mass is 10.0. The van der Waals surface area contributed by atoms with Gasteiger partial charge in [-0.15, -0.1) is 0 Å². The maximum absolute atomic E-state index is 12.9. The molecular formula is C16H17FN2O2. The minimum Gasteiger partial charge on any atom is -0.462 e. The Morgan fingerprint density at radius 3 is 2.62 bits per heavy atom. The second kappa shape index (κ2) is 6.35. The van der Waals surface area contributed by atoms with Crippen LogP contribution in [-0.4, -0.2) is 17.6 Å². The van der Waals surface area contributed by atoms with Crippen LogP contribution in [0.1, 0.15) is 34.1 Å². The smallest absolute Gasteiger partial charge is 0.339 e. The highest BCUT2D eigenvalue weighted by molar-refractivity contribution is 5.91. The Morgan fingerprint density at radius 2 is 2.00 bits per heavy atom. The molecule has 5 heteroatoms. The predicted molar refractivity (Wildman–Crippen MR) is 78.5 cm³/mol. The summed E-state index contributed by atoms with van der Waals surface area (Å²) in [4.78, 5) is 16.1. The van der Waals surface area contributed by atoms with Gasteiger partial charge in [-0.25, -0.2) is 14.2 Å². The van der Waals surface area contributed by atoms with E-state index in [4.69, 9.17) is 10.5 Å². The summed E-state index contributed by atoms with van der Waals surface area (Å²) in [5.41, 5.74) is 8.46. The zero-order valence-corrected chi connectivity index (χ0v) is 12.0. The number of aromatic nitrogens is 1. The zero-order valence-electron chi connectivity index (χ0n) is 12.0. The minimum atomic E-state index is -0.414. The molecule has 0 saturated heterocycles. The Hall–Kier alpha value is -2.43. The quantitative estimate of drug-likeness (QED) is 0.879. The van der Waals surface area contributed by atoms with Crippen molar-refractivity contribution >= 4 is 11.8 Å². The molecule has 1 aromatic heterocycles. The standard InChI is InChI=1S/C16H17FN2O2/c1-3-21-16(20)14-9-12(15(18)19-10(14)2)8-11-4-6-13(17)7-5-11/h4-7,9H,3,8H2,1-2H3,(H2,18,19). The Bertz CT molecular complexity index is 654. The van der Waals surface area contributed by atoms with Crippen LogP contribution >= 0.6 is 0 Å². The average molecular weight is 288 g/mol. The van der Waals surface area contributed by atoms with Gasteiger partial charge in [0.05, 0.1) is 17.9 Å². The van der Waals surface area contributed by atoms with Gasteiger partial charge in [-0.2, -0.15) is 0 Å². The summed E-state index contributed by atoms with van der Waals surface area (Å²) >= 11 is 0. The number of rotatable bonds is 4. The molecule has 1 aromatic carbocycles. The molecule has 2 N–H and O–H groups in total. The van der Waals surface area contributed by atoms with E-state index in [1.54, 1.807) is 32.0 Å². The van der Waals surface area contributed by atoms with Crippen molar-refractivity contribution in [2.45, 2.75) is 20.3 Å². The van der Waals surface area contributed by atoms with Crippen LogP contribution in [0.4, 0.5) is 10.2 Å². The van der Waals surface area contributed by atoms with Crippen LogP contribution < -0.4 is 5.73 Å². The Kier molecular flexibility index (Phi) is 4.52. The third-order valence-electron chi connectivity index (χ3n) is 3.13. The highest BCUT2D eigenvalue weighted by atomic mass is 19.1. The fraction of sp³-hybridized carbons (Fsp3) is 0.250. The summed E-state index contributed by atoms with van der Waals surface area (Å²) in [6.07, 6.45) is 0.478. The third-order valence-corrected chi connectivity index (χ3v) is 3.13. The molecule has 2 rings (SSSR count). The fourth-order valence-electron chi connectivity index (χ4n) is 2.04. The fourth-order valence-corrected chi connectivity index (χ4v) is 2.04. The number of ether oxygens (including phenoxy) is 1. The minimum absolute atomic E-state index is 0.291. The topological polar surface area (TPSA) is 65.2 Å². The second-order valence-corrected chi connectivity index (χ2v) is 4.69. The summed E-state index contributed by atoms with van der Waals surface area (Å²) in [5, 5.41) is 0. The van der Waals surface area contributed by atoms with Crippen molar-refractivity contribution in [3.05, 3.63) is 58.5 Å². The number of hydrogen-bond donors (Lipinski definition) is 1. The van der Waals surface area contributed by atoms with E-state index in [0.29, 0.717) is 30.1 Å². The van der Waals surface area contributed by atoms with Gasteiger partial charge in [0.1, 0.15) is 11.6 Å². The predicted octanol–water partition coefficient (Wildman–Crippen LogP) is 2.88. The number of nitrogen functional groups attached to an aromatic ring is 1. The van der Waals surface area contributed by atoms with Gasteiger partial charge in [0, 0.05) is 6.42 Å². The normalized spacial score (nSPS) is 10.4. The van der Waals surface area contributed by atoms with Gasteiger partial charge in [0.25, 0.3) is 0 Å². The molecule has 0 radical (unpaired) electrons. The lowest BCUT2D eigenvalue weighted by Gasteiger charge is -2.10. The van der Waals surface area contributed by atoms with E-state index in [-0.39, 0.29) is 5.82 Å². The summed E-state index contributed by atoms with van der Waals surface area (Å²) in [6.45, 7) is 3.76. The average Bonchev–Trinajstić information content (AvgIpc) is 2.44. The van der Waals surface area contributed by atoms with E-state index in [1.165, 1.54) is 12.1 Å². The first kappa shape index (κ1) is 15.0. The SMILES string of the molecule is CCOC(=O)c1cc(Cc2ccc(F)cc2)c(N)nc1C. The number of carbonyl (C=O) groups excluding carboxylic acids is 1. The molecule has 0 fully saturated rings. The molecule has 0 saturated carbocycles. The molecule has 0 unspecified atom stereocenters. The van der Waals surface area contributed by atoms with Crippen molar-refractivity contribution in [2.75, 3.05) is 12.3 Å². The van der Waals surface area contributed by atoms with Crippen LogP contribution in [-0.2, 0) is 11.2 Å². The van der Waals surface area contributed by atoms with Gasteiger partial charge in [0.15, 0.2) is 0 Å². The highest BCUT2D eigenvalue weighted by Gasteiger charge is 2.15. The molecule has 0 spiro atoms. The number of aryl methyl sites for hydroxylation is 1. The van der Waals surface area contributed by atoms with Gasteiger partial charge in [0.2, 0.25) is 0 Å². The van der Waals surface area contributed by atoms with E-state index in [9.17, 15) is 9.18 Å². The summed E-state index contributed by atoms with van der Waals surface area (Å²) < 4.78 is 17.9. The highest BCUT2D eigenvalue weighted by Crippen LogP contribution is 2.19. The van der Waals surface area contributed by atoms with E-state index in [2.05, 4.69) is 4.98 Å². The number of benzene rings is 1. The van der Waals surface area contributed by atoms with Gasteiger partial charge in [-0.3, -0.25) is 0 Å². The van der Waals surface area contributed by atoms with Crippen molar-refractivity contribution < 1.29 is 13.9 Å². The van der Waals surface area contributed by atoms with Gasteiger partial charge < -0.3 is 10.5 Å². The zero-order chi connectivity index (χ0) is 15.4. The monoisotopic (exact) mass is 288 g/mol. The first-order valence-corrected chi connectivity index (χ1v) is 6.68. The van der Waals surface area contributed by atoms with Crippen LogP contribution in [0.25, 0.3) is 0 Å². The number of halogens is 1. The van der Waals surface area contributed by atoms with Crippen LogP contribution in [0.2, 0.25) is 0 Å². The largest absolute Gasteiger partial charge is 0.462 e. The summed E-state index contributed by atoms with van der Waals surface area (Å²) in [5.74, 6) is -0.339. The number of nitrogens with zero attached hydrogens (tertiary/aromatic N) is 1. The summed E-state index contributed by atoms with van der Waals surface area (Å²) in [7, 11) is 0. The van der Waals surface area contributed by atoms with Crippen molar-refractivity contribution in [3.8, 4) is 0 Å². The number of pyridine rings is 1. The van der Waals surface area contributed by atoms with Crippen LogP contribution in [0.5, 0.6) is 0 Å². The molecule has 0 aliphatic carbocycles. The molecular weight excluding hydrogens is 271 g/mol. The number of carbonyl (C=O) groups is 1. The van der Waals surface area contributed by atoms with Crippen LogP contribution in [0.3, 0.4) is 0 Å². The molecule has 110 valence electrons. The first-order valence-electron chi connectivity index (χ1n) is 6.68. The van der Waals surface area contributed by atoms with Gasteiger partial charge in [-0.1, -0.05) is 12.1 Å². The third kappa shape index (κ3) is 3.56. The van der Waals surface area contributed by atoms with Crippen molar-refractivity contribution in [2.24, 2.45) is 0 Å². The first-order chi connectivity index (χ1) is 10.0. The number of hydrogen-bond acceptors (Lipinski definition) is 4. The van der Waals surface area contributed by atoms with E-state index in [0.717, 1.165) is 11.1 Å². The number of nitrogens with two attached hydrogens (primary N) is 1. The Morgan fingerprint density at radius 1 is 1.33 bits per heavy atom. The molecule has 2 aromatic rings. The Labute approximate surface area is 122 Å².